The summed E-state index contributed by atoms with van der Waals surface area (Å²) in [7, 11) is 0. The zero-order chi connectivity index (χ0) is 16.0. The summed E-state index contributed by atoms with van der Waals surface area (Å²) in [6, 6.07) is 20.8. The van der Waals surface area contributed by atoms with Gasteiger partial charge in [-0.25, -0.2) is 0 Å². The van der Waals surface area contributed by atoms with Crippen LogP contribution >= 0.6 is 0 Å². The highest BCUT2D eigenvalue weighted by Gasteiger charge is 2.22. The number of hydrogen-bond donors (Lipinski definition) is 1. The Hall–Kier alpha value is -3.34. The third kappa shape index (κ3) is 1.87. The van der Waals surface area contributed by atoms with Crippen LogP contribution in [0.2, 0.25) is 0 Å². The number of rotatable bonds is 2. The maximum atomic E-state index is 11.5. The number of benzene rings is 3. The number of fused-ring (bicyclic) bond motifs is 3. The molecule has 0 spiro atoms. The van der Waals surface area contributed by atoms with E-state index in [2.05, 4.69) is 0 Å². The van der Waals surface area contributed by atoms with Crippen molar-refractivity contribution in [3.05, 3.63) is 76.8 Å². The summed E-state index contributed by atoms with van der Waals surface area (Å²) in [6.07, 6.45) is 0. The SMILES string of the molecule is Nc1cccc(-n2c3ccccc3c3ccccc32)c1[N+](=O)[O-]. The van der Waals surface area contributed by atoms with Gasteiger partial charge < -0.3 is 10.3 Å². The average Bonchev–Trinajstić information content (AvgIpc) is 2.89. The van der Waals surface area contributed by atoms with Crippen LogP contribution in [0.5, 0.6) is 0 Å². The van der Waals surface area contributed by atoms with E-state index in [-0.39, 0.29) is 11.4 Å². The summed E-state index contributed by atoms with van der Waals surface area (Å²) in [5.41, 5.74) is 8.27. The minimum atomic E-state index is -0.422. The van der Waals surface area contributed by atoms with Crippen LogP contribution in [0.25, 0.3) is 27.5 Å². The van der Waals surface area contributed by atoms with Crippen molar-refractivity contribution in [2.24, 2.45) is 0 Å². The molecule has 0 saturated heterocycles. The molecule has 0 bridgehead atoms. The van der Waals surface area contributed by atoms with E-state index in [4.69, 9.17) is 5.73 Å². The number of nitrogens with zero attached hydrogens (tertiary/aromatic N) is 2. The molecule has 2 N–H and O–H groups in total. The van der Waals surface area contributed by atoms with E-state index < -0.39 is 4.92 Å². The molecule has 1 heterocycles. The Morgan fingerprint density at radius 1 is 0.826 bits per heavy atom. The molecule has 0 radical (unpaired) electrons. The van der Waals surface area contributed by atoms with E-state index in [9.17, 15) is 10.1 Å². The van der Waals surface area contributed by atoms with E-state index in [1.54, 1.807) is 18.2 Å². The van der Waals surface area contributed by atoms with Gasteiger partial charge in [-0.05, 0) is 24.3 Å². The van der Waals surface area contributed by atoms with E-state index in [1.807, 2.05) is 53.1 Å². The number of nitro groups is 1. The molecule has 0 saturated carbocycles. The highest BCUT2D eigenvalue weighted by molar-refractivity contribution is 6.09. The van der Waals surface area contributed by atoms with Gasteiger partial charge in [-0.1, -0.05) is 42.5 Å². The third-order valence-corrected chi connectivity index (χ3v) is 4.05. The first-order chi connectivity index (χ1) is 11.2. The van der Waals surface area contributed by atoms with Crippen molar-refractivity contribution in [3.8, 4) is 5.69 Å². The Morgan fingerprint density at radius 3 is 1.96 bits per heavy atom. The zero-order valence-corrected chi connectivity index (χ0v) is 12.1. The molecule has 23 heavy (non-hydrogen) atoms. The van der Waals surface area contributed by atoms with E-state index in [0.717, 1.165) is 21.8 Å². The summed E-state index contributed by atoms with van der Waals surface area (Å²) in [6.45, 7) is 0. The van der Waals surface area contributed by atoms with Crippen molar-refractivity contribution < 1.29 is 4.92 Å². The van der Waals surface area contributed by atoms with Crippen molar-refractivity contribution in [1.82, 2.24) is 4.57 Å². The fourth-order valence-electron chi connectivity index (χ4n) is 3.11. The Kier molecular flexibility index (Phi) is 2.81. The van der Waals surface area contributed by atoms with Gasteiger partial charge >= 0.3 is 5.69 Å². The second-order valence-corrected chi connectivity index (χ2v) is 5.34. The second kappa shape index (κ2) is 4.84. The lowest BCUT2D eigenvalue weighted by Gasteiger charge is -2.09. The predicted molar refractivity (Wildman–Crippen MR) is 91.8 cm³/mol. The number of nitrogens with two attached hydrogens (primary N) is 1. The van der Waals surface area contributed by atoms with Crippen LogP contribution in [0.4, 0.5) is 11.4 Å². The molecule has 0 aliphatic carbocycles. The van der Waals surface area contributed by atoms with Crippen LogP contribution in [0.15, 0.2) is 66.7 Å². The van der Waals surface area contributed by atoms with Gasteiger partial charge in [0.2, 0.25) is 0 Å². The van der Waals surface area contributed by atoms with Gasteiger partial charge in [-0.15, -0.1) is 0 Å². The maximum Gasteiger partial charge on any atom is 0.315 e. The largest absolute Gasteiger partial charge is 0.393 e. The molecule has 0 amide bonds. The topological polar surface area (TPSA) is 74.1 Å². The Labute approximate surface area is 131 Å². The lowest BCUT2D eigenvalue weighted by molar-refractivity contribution is -0.383. The first-order valence-corrected chi connectivity index (χ1v) is 7.20. The van der Waals surface area contributed by atoms with Gasteiger partial charge in [0.25, 0.3) is 0 Å². The molecule has 112 valence electrons. The van der Waals surface area contributed by atoms with Crippen LogP contribution in [0, 0.1) is 10.1 Å². The van der Waals surface area contributed by atoms with Crippen molar-refractivity contribution >= 4 is 33.2 Å². The van der Waals surface area contributed by atoms with Gasteiger partial charge in [0, 0.05) is 10.8 Å². The van der Waals surface area contributed by atoms with Gasteiger partial charge in [-0.2, -0.15) is 0 Å². The number of para-hydroxylation sites is 3. The second-order valence-electron chi connectivity index (χ2n) is 5.34. The minimum Gasteiger partial charge on any atom is -0.393 e. The summed E-state index contributed by atoms with van der Waals surface area (Å²) >= 11 is 0. The number of nitro benzene ring substituents is 1. The van der Waals surface area contributed by atoms with Crippen LogP contribution in [0.3, 0.4) is 0 Å². The minimum absolute atomic E-state index is 0.0704. The molecule has 3 aromatic carbocycles. The van der Waals surface area contributed by atoms with Gasteiger partial charge in [0.15, 0.2) is 0 Å². The number of aromatic nitrogens is 1. The number of nitrogen functional groups attached to an aromatic ring is 1. The third-order valence-electron chi connectivity index (χ3n) is 4.05. The maximum absolute atomic E-state index is 11.5. The Bertz CT molecular complexity index is 1010. The molecule has 4 rings (SSSR count). The first kappa shape index (κ1) is 13.3. The molecule has 0 atom stereocenters. The van der Waals surface area contributed by atoms with Gasteiger partial charge in [-0.3, -0.25) is 10.1 Å². The molecule has 0 unspecified atom stereocenters. The van der Waals surface area contributed by atoms with Gasteiger partial charge in [0.05, 0.1) is 16.0 Å². The van der Waals surface area contributed by atoms with E-state index in [0.29, 0.717) is 5.69 Å². The molecular weight excluding hydrogens is 290 g/mol. The van der Waals surface area contributed by atoms with Crippen molar-refractivity contribution in [2.75, 3.05) is 5.73 Å². The Balaban J connectivity index is 2.22. The highest BCUT2D eigenvalue weighted by Crippen LogP contribution is 2.37. The zero-order valence-electron chi connectivity index (χ0n) is 12.1. The van der Waals surface area contributed by atoms with Crippen LogP contribution < -0.4 is 5.73 Å². The number of anilines is 1. The Morgan fingerprint density at radius 2 is 1.39 bits per heavy atom. The molecule has 1 aromatic heterocycles. The van der Waals surface area contributed by atoms with E-state index >= 15 is 0 Å². The lowest BCUT2D eigenvalue weighted by atomic mass is 10.2. The predicted octanol–water partition coefficient (Wildman–Crippen LogP) is 4.27. The molecule has 0 fully saturated rings. The van der Waals surface area contributed by atoms with Crippen LogP contribution in [-0.2, 0) is 0 Å². The summed E-state index contributed by atoms with van der Waals surface area (Å²) < 4.78 is 1.90. The standard InChI is InChI=1S/C18H13N3O2/c19-14-8-5-11-17(18(14)21(22)23)20-15-9-3-1-6-12(15)13-7-2-4-10-16(13)20/h1-11H,19H2. The van der Waals surface area contributed by atoms with Crippen molar-refractivity contribution in [1.29, 1.82) is 0 Å². The molecule has 5 heteroatoms. The molecule has 4 aromatic rings. The van der Waals surface area contributed by atoms with Crippen molar-refractivity contribution in [2.45, 2.75) is 0 Å². The van der Waals surface area contributed by atoms with Crippen LogP contribution in [-0.4, -0.2) is 9.49 Å². The number of hydrogen-bond acceptors (Lipinski definition) is 3. The first-order valence-electron chi connectivity index (χ1n) is 7.20. The fourth-order valence-corrected chi connectivity index (χ4v) is 3.11. The molecule has 5 nitrogen and oxygen atoms in total. The monoisotopic (exact) mass is 303 g/mol. The quantitative estimate of drug-likeness (QED) is 0.341. The van der Waals surface area contributed by atoms with Crippen molar-refractivity contribution in [3.63, 3.8) is 0 Å². The summed E-state index contributed by atoms with van der Waals surface area (Å²) in [4.78, 5) is 11.1. The van der Waals surface area contributed by atoms with Gasteiger partial charge in [0.1, 0.15) is 11.4 Å². The lowest BCUT2D eigenvalue weighted by Crippen LogP contribution is -2.03. The van der Waals surface area contributed by atoms with E-state index in [1.165, 1.54) is 0 Å². The highest BCUT2D eigenvalue weighted by atomic mass is 16.6. The molecule has 0 aliphatic heterocycles. The average molecular weight is 303 g/mol. The van der Waals surface area contributed by atoms with Crippen LogP contribution in [0.1, 0.15) is 0 Å². The molecular formula is C18H13N3O2. The normalized spacial score (nSPS) is 11.1. The smallest absolute Gasteiger partial charge is 0.315 e. The summed E-state index contributed by atoms with van der Waals surface area (Å²) in [5, 5.41) is 13.6. The summed E-state index contributed by atoms with van der Waals surface area (Å²) in [5.74, 6) is 0. The fraction of sp³-hybridized carbons (Fsp3) is 0. The molecule has 0 aliphatic rings.